The molecule has 0 unspecified atom stereocenters. The van der Waals surface area contributed by atoms with Gasteiger partial charge in [0.05, 0.1) is 6.42 Å². The van der Waals surface area contributed by atoms with Gasteiger partial charge in [0, 0.05) is 67.7 Å². The molecule has 0 bridgehead atoms. The molecule has 9 nitrogen and oxygen atoms in total. The van der Waals surface area contributed by atoms with Crippen LogP contribution in [-0.4, -0.2) is 48.1 Å². The van der Waals surface area contributed by atoms with E-state index in [9.17, 15) is 18.4 Å². The zero-order chi connectivity index (χ0) is 27.9. The Labute approximate surface area is 229 Å². The second kappa shape index (κ2) is 12.3. The van der Waals surface area contributed by atoms with Gasteiger partial charge in [-0.05, 0) is 48.0 Å². The maximum absolute atomic E-state index is 14.9. The van der Waals surface area contributed by atoms with Crippen LogP contribution < -0.4 is 25.6 Å². The largest absolute Gasteiger partial charge is 0.454 e. The summed E-state index contributed by atoms with van der Waals surface area (Å²) in [5, 5.41) is 7.89. The van der Waals surface area contributed by atoms with Crippen LogP contribution in [0.15, 0.2) is 79.3 Å². The van der Waals surface area contributed by atoms with Crippen molar-refractivity contribution >= 4 is 23.4 Å². The van der Waals surface area contributed by atoms with Crippen molar-refractivity contribution < 1.29 is 23.1 Å². The van der Waals surface area contributed by atoms with E-state index in [0.29, 0.717) is 16.9 Å². The molecule has 4 aromatic rings. The standard InChI is InChI=1S/C29H26F2N6O3/c30-21-4-1-19(2-5-21)15-28(38)36-29(39)35-22-6-7-26(24(31)16-22)40-25-9-10-33-18-23(25)20-3-8-27(34-17-20)37-13-11-32-12-14-37/h1-10,16-18,32H,11-15H2,(H2,35,36,38,39). The number of ether oxygens (including phenoxy) is 1. The van der Waals surface area contributed by atoms with Crippen molar-refractivity contribution in [3.05, 3.63) is 96.5 Å². The molecule has 1 aliphatic heterocycles. The highest BCUT2D eigenvalue weighted by Gasteiger charge is 2.15. The van der Waals surface area contributed by atoms with Gasteiger partial charge >= 0.3 is 6.03 Å². The van der Waals surface area contributed by atoms with Crippen LogP contribution in [0.3, 0.4) is 0 Å². The summed E-state index contributed by atoms with van der Waals surface area (Å²) in [6.45, 7) is 3.58. The van der Waals surface area contributed by atoms with Gasteiger partial charge in [-0.3, -0.25) is 15.1 Å². The molecule has 3 N–H and O–H groups in total. The average Bonchev–Trinajstić information content (AvgIpc) is 2.96. The molecule has 5 rings (SSSR count). The molecule has 3 amide bonds. The lowest BCUT2D eigenvalue weighted by atomic mass is 10.1. The molecular weight excluding hydrogens is 518 g/mol. The number of imide groups is 1. The van der Waals surface area contributed by atoms with Gasteiger partial charge in [-0.1, -0.05) is 12.1 Å². The number of piperazine rings is 1. The molecule has 0 aliphatic carbocycles. The van der Waals surface area contributed by atoms with E-state index in [1.165, 1.54) is 36.4 Å². The highest BCUT2D eigenvalue weighted by Crippen LogP contribution is 2.34. The zero-order valence-corrected chi connectivity index (χ0v) is 21.4. The smallest absolute Gasteiger partial charge is 0.325 e. The van der Waals surface area contributed by atoms with Gasteiger partial charge in [0.2, 0.25) is 5.91 Å². The number of aromatic nitrogens is 2. The molecular formula is C29H26F2N6O3. The zero-order valence-electron chi connectivity index (χ0n) is 21.4. The van der Waals surface area contributed by atoms with E-state index < -0.39 is 23.6 Å². The van der Waals surface area contributed by atoms with Crippen molar-refractivity contribution in [2.75, 3.05) is 36.4 Å². The molecule has 0 saturated carbocycles. The van der Waals surface area contributed by atoms with Crippen LogP contribution in [0.4, 0.5) is 25.1 Å². The maximum atomic E-state index is 14.9. The molecule has 1 fully saturated rings. The normalized spacial score (nSPS) is 13.0. The van der Waals surface area contributed by atoms with Crippen LogP contribution in [0.2, 0.25) is 0 Å². The fourth-order valence-electron chi connectivity index (χ4n) is 4.21. The predicted octanol–water partition coefficient (Wildman–Crippen LogP) is 4.51. The number of urea groups is 1. The molecule has 2 aromatic heterocycles. The molecule has 1 aliphatic rings. The van der Waals surface area contributed by atoms with Crippen LogP contribution in [0.5, 0.6) is 11.5 Å². The molecule has 0 atom stereocenters. The van der Waals surface area contributed by atoms with Crippen molar-refractivity contribution in [2.24, 2.45) is 0 Å². The van der Waals surface area contributed by atoms with Gasteiger partial charge in [0.15, 0.2) is 11.6 Å². The van der Waals surface area contributed by atoms with Gasteiger partial charge in [0.25, 0.3) is 0 Å². The van der Waals surface area contributed by atoms with Crippen LogP contribution in [0.1, 0.15) is 5.56 Å². The lowest BCUT2D eigenvalue weighted by molar-refractivity contribution is -0.119. The number of rotatable bonds is 7. The monoisotopic (exact) mass is 544 g/mol. The first kappa shape index (κ1) is 26.7. The number of nitrogens with one attached hydrogen (secondary N) is 3. The van der Waals surface area contributed by atoms with Crippen LogP contribution in [0.25, 0.3) is 11.1 Å². The molecule has 0 spiro atoms. The Morgan fingerprint density at radius 2 is 1.75 bits per heavy atom. The Kier molecular flexibility index (Phi) is 8.21. The first-order chi connectivity index (χ1) is 19.4. The molecule has 204 valence electrons. The molecule has 2 aromatic carbocycles. The summed E-state index contributed by atoms with van der Waals surface area (Å²) in [5.41, 5.74) is 2.07. The van der Waals surface area contributed by atoms with Crippen molar-refractivity contribution in [1.29, 1.82) is 0 Å². The maximum Gasteiger partial charge on any atom is 0.325 e. The topological polar surface area (TPSA) is 108 Å². The van der Waals surface area contributed by atoms with E-state index >= 15 is 0 Å². The molecule has 11 heteroatoms. The van der Waals surface area contributed by atoms with Crippen molar-refractivity contribution in [3.63, 3.8) is 0 Å². The number of anilines is 2. The summed E-state index contributed by atoms with van der Waals surface area (Å²) in [6.07, 6.45) is 4.79. The minimum atomic E-state index is -0.826. The third-order valence-electron chi connectivity index (χ3n) is 6.22. The van der Waals surface area contributed by atoms with Crippen molar-refractivity contribution in [3.8, 4) is 22.6 Å². The summed E-state index contributed by atoms with van der Waals surface area (Å²) < 4.78 is 33.8. The Morgan fingerprint density at radius 3 is 2.48 bits per heavy atom. The third kappa shape index (κ3) is 6.75. The molecule has 0 radical (unpaired) electrons. The van der Waals surface area contributed by atoms with E-state index in [-0.39, 0.29) is 17.9 Å². The second-order valence-electron chi connectivity index (χ2n) is 9.07. The third-order valence-corrected chi connectivity index (χ3v) is 6.22. The number of carbonyl (C=O) groups excluding carboxylic acids is 2. The number of carbonyl (C=O) groups is 2. The summed E-state index contributed by atoms with van der Waals surface area (Å²) in [7, 11) is 0. The summed E-state index contributed by atoms with van der Waals surface area (Å²) >= 11 is 0. The Morgan fingerprint density at radius 1 is 0.950 bits per heavy atom. The number of hydrogen-bond donors (Lipinski definition) is 3. The Hall–Kier alpha value is -4.90. The van der Waals surface area contributed by atoms with Crippen LogP contribution in [-0.2, 0) is 11.2 Å². The second-order valence-corrected chi connectivity index (χ2v) is 9.07. The summed E-state index contributed by atoms with van der Waals surface area (Å²) in [6, 6.07) is 13.9. The minimum absolute atomic E-state index is 0.0591. The molecule has 40 heavy (non-hydrogen) atoms. The first-order valence-corrected chi connectivity index (χ1v) is 12.6. The SMILES string of the molecule is O=C(Cc1ccc(F)cc1)NC(=O)Nc1ccc(Oc2ccncc2-c2ccc(N3CCNCC3)nc2)c(F)c1. The number of halogens is 2. The van der Waals surface area contributed by atoms with E-state index in [0.717, 1.165) is 43.6 Å². The fourth-order valence-corrected chi connectivity index (χ4v) is 4.21. The van der Waals surface area contributed by atoms with Gasteiger partial charge in [0.1, 0.15) is 17.4 Å². The number of benzene rings is 2. The molecule has 3 heterocycles. The van der Waals surface area contributed by atoms with Gasteiger partial charge in [-0.25, -0.2) is 18.6 Å². The predicted molar refractivity (Wildman–Crippen MR) is 146 cm³/mol. The van der Waals surface area contributed by atoms with E-state index in [1.54, 1.807) is 24.7 Å². The number of pyridine rings is 2. The highest BCUT2D eigenvalue weighted by atomic mass is 19.1. The van der Waals surface area contributed by atoms with Crippen molar-refractivity contribution in [2.45, 2.75) is 6.42 Å². The minimum Gasteiger partial charge on any atom is -0.454 e. The quantitative estimate of drug-likeness (QED) is 0.314. The summed E-state index contributed by atoms with van der Waals surface area (Å²) in [4.78, 5) is 35.3. The van der Waals surface area contributed by atoms with Crippen LogP contribution >= 0.6 is 0 Å². The van der Waals surface area contributed by atoms with E-state index in [2.05, 4.69) is 30.8 Å². The van der Waals surface area contributed by atoms with Gasteiger partial charge in [-0.15, -0.1) is 0 Å². The van der Waals surface area contributed by atoms with Crippen LogP contribution in [0, 0.1) is 11.6 Å². The Balaban J connectivity index is 1.22. The van der Waals surface area contributed by atoms with Gasteiger partial charge in [-0.2, -0.15) is 0 Å². The number of hydrogen-bond acceptors (Lipinski definition) is 7. The lowest BCUT2D eigenvalue weighted by Crippen LogP contribution is -2.43. The average molecular weight is 545 g/mol. The number of amides is 3. The van der Waals surface area contributed by atoms with Crippen molar-refractivity contribution in [1.82, 2.24) is 20.6 Å². The number of nitrogens with zero attached hydrogens (tertiary/aromatic N) is 3. The highest BCUT2D eigenvalue weighted by molar-refractivity contribution is 6.01. The van der Waals surface area contributed by atoms with Gasteiger partial charge < -0.3 is 20.3 Å². The Bertz CT molecular complexity index is 1490. The van der Waals surface area contributed by atoms with E-state index in [1.807, 2.05) is 12.1 Å². The summed E-state index contributed by atoms with van der Waals surface area (Å²) in [5.74, 6) is -0.525. The fraction of sp³-hybridized carbons (Fsp3) is 0.172. The first-order valence-electron chi connectivity index (χ1n) is 12.6. The lowest BCUT2D eigenvalue weighted by Gasteiger charge is -2.28. The van der Waals surface area contributed by atoms with E-state index in [4.69, 9.17) is 4.74 Å². The molecule has 1 saturated heterocycles.